The standard InChI is InChI=1S/C24H30N2O6/c1-24(2)9-19(28)23-18(27)7-16(8-20(23)32-24)31-13-22(30)25-10-14-6-15(12-25)17-4-3-5-21(29)26(17)11-14/h7-8,14-15,17,27H,3-6,9-13H2,1-2H3/t14-,15+,17+/m1/s1. The fourth-order valence-corrected chi connectivity index (χ4v) is 5.88. The number of carbonyl (C=O) groups is 3. The van der Waals surface area contributed by atoms with Crippen LogP contribution in [0.1, 0.15) is 56.3 Å². The number of piperidine rings is 3. The van der Waals surface area contributed by atoms with Crippen molar-refractivity contribution in [2.75, 3.05) is 26.2 Å². The van der Waals surface area contributed by atoms with Crippen molar-refractivity contribution >= 4 is 17.6 Å². The number of hydrogen-bond donors (Lipinski definition) is 1. The normalized spacial score (nSPS) is 28.5. The van der Waals surface area contributed by atoms with Crippen LogP contribution in [0.2, 0.25) is 0 Å². The Hall–Kier alpha value is -2.77. The van der Waals surface area contributed by atoms with Crippen LogP contribution in [0.25, 0.3) is 0 Å². The van der Waals surface area contributed by atoms with Crippen molar-refractivity contribution in [1.29, 1.82) is 0 Å². The molecule has 1 N–H and O–H groups in total. The molecule has 2 bridgehead atoms. The van der Waals surface area contributed by atoms with Crippen LogP contribution in [0.15, 0.2) is 12.1 Å². The van der Waals surface area contributed by atoms with Gasteiger partial charge >= 0.3 is 0 Å². The predicted molar refractivity (Wildman–Crippen MR) is 115 cm³/mol. The molecule has 2 amide bonds. The second-order valence-electron chi connectivity index (χ2n) is 10.2. The Morgan fingerprint density at radius 1 is 1.25 bits per heavy atom. The summed E-state index contributed by atoms with van der Waals surface area (Å²) in [6.45, 7) is 5.50. The summed E-state index contributed by atoms with van der Waals surface area (Å²) in [7, 11) is 0. The molecule has 0 unspecified atom stereocenters. The summed E-state index contributed by atoms with van der Waals surface area (Å²) >= 11 is 0. The van der Waals surface area contributed by atoms with E-state index in [-0.39, 0.29) is 53.7 Å². The Labute approximate surface area is 187 Å². The SMILES string of the molecule is CC1(C)CC(=O)c2c(O)cc(OCC(=O)N3C[C@H]4C[C@@H](C3)[C@@H]3CCCC(=O)N3C4)cc2O1. The summed E-state index contributed by atoms with van der Waals surface area (Å²) < 4.78 is 11.6. The number of aromatic hydroxyl groups is 1. The molecule has 8 heteroatoms. The summed E-state index contributed by atoms with van der Waals surface area (Å²) in [6.07, 6.45) is 3.85. The molecule has 32 heavy (non-hydrogen) atoms. The van der Waals surface area contributed by atoms with Gasteiger partial charge < -0.3 is 24.4 Å². The molecule has 4 aliphatic rings. The zero-order valence-corrected chi connectivity index (χ0v) is 18.6. The maximum absolute atomic E-state index is 12.9. The molecule has 3 saturated heterocycles. The summed E-state index contributed by atoms with van der Waals surface area (Å²) in [6, 6.07) is 3.18. The number of ether oxygens (including phenoxy) is 2. The van der Waals surface area contributed by atoms with Gasteiger partial charge in [-0.1, -0.05) is 0 Å². The molecule has 4 aliphatic heterocycles. The number of rotatable bonds is 3. The van der Waals surface area contributed by atoms with E-state index in [0.717, 1.165) is 25.8 Å². The molecule has 1 aromatic carbocycles. The third-order valence-electron chi connectivity index (χ3n) is 7.20. The molecule has 0 saturated carbocycles. The van der Waals surface area contributed by atoms with E-state index in [1.165, 1.54) is 6.07 Å². The molecular weight excluding hydrogens is 412 g/mol. The van der Waals surface area contributed by atoms with Crippen LogP contribution in [0.4, 0.5) is 0 Å². The van der Waals surface area contributed by atoms with Gasteiger partial charge in [0.15, 0.2) is 12.4 Å². The number of Topliss-reactive ketones (excluding diaryl/α,β-unsaturated/α-hetero) is 1. The van der Waals surface area contributed by atoms with Gasteiger partial charge in [-0.05, 0) is 44.9 Å². The Bertz CT molecular complexity index is 973. The lowest BCUT2D eigenvalue weighted by molar-refractivity contribution is -0.149. The third kappa shape index (κ3) is 3.80. The highest BCUT2D eigenvalue weighted by atomic mass is 16.5. The number of carbonyl (C=O) groups excluding carboxylic acids is 3. The quantitative estimate of drug-likeness (QED) is 0.772. The van der Waals surface area contributed by atoms with Crippen LogP contribution in [-0.4, -0.2) is 70.4 Å². The van der Waals surface area contributed by atoms with E-state index in [2.05, 4.69) is 4.90 Å². The van der Waals surface area contributed by atoms with E-state index >= 15 is 0 Å². The zero-order chi connectivity index (χ0) is 22.6. The van der Waals surface area contributed by atoms with Crippen LogP contribution in [0.3, 0.4) is 0 Å². The van der Waals surface area contributed by atoms with Gasteiger partial charge in [0.25, 0.3) is 5.91 Å². The van der Waals surface area contributed by atoms with Crippen molar-refractivity contribution < 1.29 is 29.0 Å². The lowest BCUT2D eigenvalue weighted by Crippen LogP contribution is -2.61. The minimum atomic E-state index is -0.662. The average molecular weight is 443 g/mol. The van der Waals surface area contributed by atoms with Gasteiger partial charge in [-0.2, -0.15) is 0 Å². The van der Waals surface area contributed by atoms with Crippen molar-refractivity contribution in [3.8, 4) is 17.2 Å². The number of nitrogens with zero attached hydrogens (tertiary/aromatic N) is 2. The van der Waals surface area contributed by atoms with Crippen LogP contribution in [0.5, 0.6) is 17.2 Å². The minimum absolute atomic E-state index is 0.107. The van der Waals surface area contributed by atoms with Crippen molar-refractivity contribution in [2.45, 2.75) is 57.6 Å². The zero-order valence-electron chi connectivity index (χ0n) is 18.6. The lowest BCUT2D eigenvalue weighted by atomic mass is 9.76. The highest BCUT2D eigenvalue weighted by Gasteiger charge is 2.44. The molecule has 0 radical (unpaired) electrons. The first kappa shape index (κ1) is 21.1. The minimum Gasteiger partial charge on any atom is -0.507 e. The van der Waals surface area contributed by atoms with E-state index in [1.54, 1.807) is 6.07 Å². The smallest absolute Gasteiger partial charge is 0.260 e. The number of fused-ring (bicyclic) bond motifs is 5. The lowest BCUT2D eigenvalue weighted by Gasteiger charge is -2.52. The molecule has 0 aliphatic carbocycles. The molecule has 0 spiro atoms. The molecule has 3 atom stereocenters. The van der Waals surface area contributed by atoms with Crippen LogP contribution < -0.4 is 9.47 Å². The van der Waals surface area contributed by atoms with Gasteiger partial charge in [0, 0.05) is 44.2 Å². The molecule has 5 rings (SSSR count). The predicted octanol–water partition coefficient (Wildman–Crippen LogP) is 2.37. The molecule has 3 fully saturated rings. The summed E-state index contributed by atoms with van der Waals surface area (Å²) in [5, 5.41) is 10.3. The third-order valence-corrected chi connectivity index (χ3v) is 7.20. The van der Waals surface area contributed by atoms with E-state index in [9.17, 15) is 19.5 Å². The first-order chi connectivity index (χ1) is 15.2. The number of benzene rings is 1. The second-order valence-corrected chi connectivity index (χ2v) is 10.2. The first-order valence-electron chi connectivity index (χ1n) is 11.5. The Morgan fingerprint density at radius 2 is 2.06 bits per heavy atom. The van der Waals surface area contributed by atoms with Crippen molar-refractivity contribution in [1.82, 2.24) is 9.80 Å². The average Bonchev–Trinajstić information content (AvgIpc) is 2.71. The molecule has 1 aromatic rings. The van der Waals surface area contributed by atoms with Gasteiger partial charge in [-0.3, -0.25) is 14.4 Å². The van der Waals surface area contributed by atoms with Gasteiger partial charge in [0.05, 0.1) is 6.42 Å². The Balaban J connectivity index is 1.25. The van der Waals surface area contributed by atoms with Gasteiger partial charge in [-0.15, -0.1) is 0 Å². The monoisotopic (exact) mass is 442 g/mol. The van der Waals surface area contributed by atoms with E-state index < -0.39 is 5.60 Å². The Kier molecular flexibility index (Phi) is 5.06. The summed E-state index contributed by atoms with van der Waals surface area (Å²) in [5.41, 5.74) is -0.497. The van der Waals surface area contributed by atoms with Gasteiger partial charge in [0.2, 0.25) is 5.91 Å². The number of ketones is 1. The van der Waals surface area contributed by atoms with E-state index in [1.807, 2.05) is 18.7 Å². The number of hydrogen-bond acceptors (Lipinski definition) is 6. The molecule has 8 nitrogen and oxygen atoms in total. The number of phenols is 1. The van der Waals surface area contributed by atoms with Crippen molar-refractivity contribution in [2.24, 2.45) is 11.8 Å². The second kappa shape index (κ2) is 7.67. The van der Waals surface area contributed by atoms with E-state index in [0.29, 0.717) is 37.1 Å². The Morgan fingerprint density at radius 3 is 2.88 bits per heavy atom. The summed E-state index contributed by atoms with van der Waals surface area (Å²) in [5.74, 6) is 0.992. The number of phenolic OH excluding ortho intramolecular Hbond substituents is 1. The van der Waals surface area contributed by atoms with Crippen molar-refractivity contribution in [3.63, 3.8) is 0 Å². The van der Waals surface area contributed by atoms with Crippen LogP contribution >= 0.6 is 0 Å². The highest BCUT2D eigenvalue weighted by Crippen LogP contribution is 2.41. The maximum Gasteiger partial charge on any atom is 0.260 e. The van der Waals surface area contributed by atoms with E-state index in [4.69, 9.17) is 9.47 Å². The summed E-state index contributed by atoms with van der Waals surface area (Å²) in [4.78, 5) is 41.5. The largest absolute Gasteiger partial charge is 0.507 e. The molecule has 172 valence electrons. The topological polar surface area (TPSA) is 96.4 Å². The first-order valence-corrected chi connectivity index (χ1v) is 11.5. The van der Waals surface area contributed by atoms with Crippen LogP contribution in [0, 0.1) is 11.8 Å². The molecular formula is C24H30N2O6. The highest BCUT2D eigenvalue weighted by molar-refractivity contribution is 6.03. The fourth-order valence-electron chi connectivity index (χ4n) is 5.88. The van der Waals surface area contributed by atoms with Crippen LogP contribution in [-0.2, 0) is 9.59 Å². The molecule has 4 heterocycles. The molecule has 0 aromatic heterocycles. The number of likely N-dealkylation sites (tertiary alicyclic amines) is 1. The fraction of sp³-hybridized carbons (Fsp3) is 0.625. The van der Waals surface area contributed by atoms with Gasteiger partial charge in [0.1, 0.15) is 28.4 Å². The van der Waals surface area contributed by atoms with Crippen molar-refractivity contribution in [3.05, 3.63) is 17.7 Å². The maximum atomic E-state index is 12.9. The van der Waals surface area contributed by atoms with Gasteiger partial charge in [-0.25, -0.2) is 0 Å². The number of amides is 2.